The van der Waals surface area contributed by atoms with Gasteiger partial charge in [0, 0.05) is 32.4 Å². The molecule has 0 N–H and O–H groups in total. The van der Waals surface area contributed by atoms with Crippen molar-refractivity contribution in [2.24, 2.45) is 0 Å². The first-order chi connectivity index (χ1) is 9.00. The van der Waals surface area contributed by atoms with E-state index in [1.165, 1.54) is 5.56 Å². The van der Waals surface area contributed by atoms with E-state index >= 15 is 0 Å². The lowest BCUT2D eigenvalue weighted by Crippen LogP contribution is -2.46. The fraction of sp³-hybridized carbons (Fsp3) is 0.600. The molecule has 1 aliphatic heterocycles. The van der Waals surface area contributed by atoms with Crippen molar-refractivity contribution in [2.45, 2.75) is 26.2 Å². The quantitative estimate of drug-likeness (QED) is 0.761. The monoisotopic (exact) mass is 258 g/mol. The zero-order valence-electron chi connectivity index (χ0n) is 12.1. The van der Waals surface area contributed by atoms with Crippen molar-refractivity contribution in [3.63, 3.8) is 0 Å². The SMILES string of the molecule is CC(C)(C)c1ccc(N2CCN(CC#N)CC2)nc1. The molecule has 19 heavy (non-hydrogen) atoms. The minimum Gasteiger partial charge on any atom is -0.354 e. The molecule has 4 nitrogen and oxygen atoms in total. The van der Waals surface area contributed by atoms with Crippen LogP contribution in [0.25, 0.3) is 0 Å². The van der Waals surface area contributed by atoms with Crippen molar-refractivity contribution >= 4 is 5.82 Å². The third kappa shape index (κ3) is 3.45. The molecule has 1 aliphatic rings. The number of hydrogen-bond donors (Lipinski definition) is 0. The molecule has 0 saturated carbocycles. The van der Waals surface area contributed by atoms with Gasteiger partial charge in [0.25, 0.3) is 0 Å². The van der Waals surface area contributed by atoms with E-state index in [2.05, 4.69) is 53.8 Å². The molecule has 0 unspecified atom stereocenters. The first-order valence-corrected chi connectivity index (χ1v) is 6.81. The van der Waals surface area contributed by atoms with Gasteiger partial charge in [0.05, 0.1) is 12.6 Å². The highest BCUT2D eigenvalue weighted by Crippen LogP contribution is 2.23. The van der Waals surface area contributed by atoms with Crippen molar-refractivity contribution < 1.29 is 0 Å². The smallest absolute Gasteiger partial charge is 0.128 e. The van der Waals surface area contributed by atoms with Crippen molar-refractivity contribution in [1.82, 2.24) is 9.88 Å². The molecule has 0 radical (unpaired) electrons. The molecular weight excluding hydrogens is 236 g/mol. The van der Waals surface area contributed by atoms with Gasteiger partial charge in [0.2, 0.25) is 0 Å². The average molecular weight is 258 g/mol. The van der Waals surface area contributed by atoms with Gasteiger partial charge in [-0.15, -0.1) is 0 Å². The van der Waals surface area contributed by atoms with E-state index in [-0.39, 0.29) is 5.41 Å². The number of rotatable bonds is 2. The molecule has 1 aromatic rings. The zero-order chi connectivity index (χ0) is 13.9. The predicted octanol–water partition coefficient (Wildman–Crippen LogP) is 2.02. The Bertz CT molecular complexity index is 445. The number of nitriles is 1. The summed E-state index contributed by atoms with van der Waals surface area (Å²) in [4.78, 5) is 9.05. The molecule has 0 spiro atoms. The van der Waals surface area contributed by atoms with Crippen LogP contribution < -0.4 is 4.90 Å². The van der Waals surface area contributed by atoms with Crippen LogP contribution in [-0.2, 0) is 5.41 Å². The Labute approximate surface area is 115 Å². The molecule has 1 fully saturated rings. The predicted molar refractivity (Wildman–Crippen MR) is 77.2 cm³/mol. The Balaban J connectivity index is 1.99. The zero-order valence-corrected chi connectivity index (χ0v) is 12.1. The molecule has 2 rings (SSSR count). The number of anilines is 1. The van der Waals surface area contributed by atoms with Crippen molar-refractivity contribution in [2.75, 3.05) is 37.6 Å². The van der Waals surface area contributed by atoms with Crippen LogP contribution in [0.2, 0.25) is 0 Å². The molecule has 0 aliphatic carbocycles. The molecule has 1 aromatic heterocycles. The number of nitrogens with zero attached hydrogens (tertiary/aromatic N) is 4. The summed E-state index contributed by atoms with van der Waals surface area (Å²) >= 11 is 0. The van der Waals surface area contributed by atoms with E-state index in [4.69, 9.17) is 5.26 Å². The number of piperazine rings is 1. The molecule has 2 heterocycles. The summed E-state index contributed by atoms with van der Waals surface area (Å²) in [5, 5.41) is 8.69. The van der Waals surface area contributed by atoms with Crippen LogP contribution >= 0.6 is 0 Å². The maximum Gasteiger partial charge on any atom is 0.128 e. The van der Waals surface area contributed by atoms with Crippen LogP contribution in [0.3, 0.4) is 0 Å². The third-order valence-electron chi connectivity index (χ3n) is 3.60. The molecule has 0 amide bonds. The van der Waals surface area contributed by atoms with Crippen LogP contribution in [0.15, 0.2) is 18.3 Å². The standard InChI is InChI=1S/C15H22N4/c1-15(2,3)13-4-5-14(17-12-13)19-10-8-18(7-6-16)9-11-19/h4-5,12H,7-11H2,1-3H3. The van der Waals surface area contributed by atoms with Gasteiger partial charge in [0.1, 0.15) is 5.82 Å². The minimum atomic E-state index is 0.150. The average Bonchev–Trinajstić information content (AvgIpc) is 2.39. The fourth-order valence-corrected chi connectivity index (χ4v) is 2.25. The van der Waals surface area contributed by atoms with Crippen LogP contribution in [0.5, 0.6) is 0 Å². The molecule has 0 bridgehead atoms. The third-order valence-corrected chi connectivity index (χ3v) is 3.60. The first kappa shape index (κ1) is 13.8. The summed E-state index contributed by atoms with van der Waals surface area (Å²) in [7, 11) is 0. The largest absolute Gasteiger partial charge is 0.354 e. The van der Waals surface area contributed by atoms with Gasteiger partial charge in [0.15, 0.2) is 0 Å². The summed E-state index contributed by atoms with van der Waals surface area (Å²) in [6, 6.07) is 6.49. The summed E-state index contributed by atoms with van der Waals surface area (Å²) in [6.45, 7) is 10.9. The van der Waals surface area contributed by atoms with Gasteiger partial charge in [-0.3, -0.25) is 4.90 Å². The molecule has 0 aromatic carbocycles. The van der Waals surface area contributed by atoms with Gasteiger partial charge in [-0.1, -0.05) is 26.8 Å². The second kappa shape index (κ2) is 5.58. The summed E-state index contributed by atoms with van der Waals surface area (Å²) in [5.41, 5.74) is 1.41. The minimum absolute atomic E-state index is 0.150. The molecule has 1 saturated heterocycles. The maximum absolute atomic E-state index is 8.69. The molecule has 4 heteroatoms. The molecular formula is C15H22N4. The Morgan fingerprint density at radius 3 is 2.37 bits per heavy atom. The highest BCUT2D eigenvalue weighted by atomic mass is 15.3. The number of pyridine rings is 1. The second-order valence-electron chi connectivity index (χ2n) is 6.08. The normalized spacial score (nSPS) is 17.3. The van der Waals surface area contributed by atoms with E-state index in [9.17, 15) is 0 Å². The van der Waals surface area contributed by atoms with Crippen LogP contribution in [0.4, 0.5) is 5.82 Å². The van der Waals surface area contributed by atoms with Crippen LogP contribution in [-0.4, -0.2) is 42.6 Å². The molecule has 0 atom stereocenters. The Hall–Kier alpha value is -1.60. The van der Waals surface area contributed by atoms with E-state index in [0.717, 1.165) is 32.0 Å². The van der Waals surface area contributed by atoms with Gasteiger partial charge < -0.3 is 4.90 Å². The Morgan fingerprint density at radius 1 is 1.21 bits per heavy atom. The van der Waals surface area contributed by atoms with Gasteiger partial charge in [-0.2, -0.15) is 5.26 Å². The van der Waals surface area contributed by atoms with E-state index in [1.54, 1.807) is 0 Å². The highest BCUT2D eigenvalue weighted by molar-refractivity contribution is 5.41. The van der Waals surface area contributed by atoms with E-state index < -0.39 is 0 Å². The van der Waals surface area contributed by atoms with Crippen molar-refractivity contribution in [3.05, 3.63) is 23.9 Å². The number of hydrogen-bond acceptors (Lipinski definition) is 4. The van der Waals surface area contributed by atoms with Crippen molar-refractivity contribution in [1.29, 1.82) is 5.26 Å². The van der Waals surface area contributed by atoms with Crippen molar-refractivity contribution in [3.8, 4) is 6.07 Å². The maximum atomic E-state index is 8.69. The summed E-state index contributed by atoms with van der Waals surface area (Å²) in [5.74, 6) is 1.05. The molecule has 102 valence electrons. The lowest BCUT2D eigenvalue weighted by molar-refractivity contribution is 0.286. The van der Waals surface area contributed by atoms with E-state index in [0.29, 0.717) is 6.54 Å². The second-order valence-corrected chi connectivity index (χ2v) is 6.08. The van der Waals surface area contributed by atoms with Crippen LogP contribution in [0.1, 0.15) is 26.3 Å². The van der Waals surface area contributed by atoms with Crippen LogP contribution in [0, 0.1) is 11.3 Å². The Kier molecular flexibility index (Phi) is 4.06. The van der Waals surface area contributed by atoms with Gasteiger partial charge in [-0.05, 0) is 17.0 Å². The van der Waals surface area contributed by atoms with Gasteiger partial charge in [-0.25, -0.2) is 4.98 Å². The topological polar surface area (TPSA) is 43.2 Å². The van der Waals surface area contributed by atoms with Gasteiger partial charge >= 0.3 is 0 Å². The fourth-order valence-electron chi connectivity index (χ4n) is 2.25. The number of aromatic nitrogens is 1. The highest BCUT2D eigenvalue weighted by Gasteiger charge is 2.19. The van der Waals surface area contributed by atoms with E-state index in [1.807, 2.05) is 6.20 Å². The lowest BCUT2D eigenvalue weighted by atomic mass is 9.88. The summed E-state index contributed by atoms with van der Waals surface area (Å²) in [6.07, 6.45) is 1.98. The summed E-state index contributed by atoms with van der Waals surface area (Å²) < 4.78 is 0. The lowest BCUT2D eigenvalue weighted by Gasteiger charge is -2.34. The first-order valence-electron chi connectivity index (χ1n) is 6.81. The Morgan fingerprint density at radius 2 is 1.89 bits per heavy atom.